The van der Waals surface area contributed by atoms with Crippen LogP contribution in [-0.4, -0.2) is 33.0 Å². The molecule has 6 rings (SSSR count). The summed E-state index contributed by atoms with van der Waals surface area (Å²) in [6.07, 6.45) is 7.36. The molecule has 4 N–H and O–H groups in total. The van der Waals surface area contributed by atoms with Crippen LogP contribution in [0.1, 0.15) is 43.9 Å². The molecular weight excluding hydrogens is 444 g/mol. The summed E-state index contributed by atoms with van der Waals surface area (Å²) in [7, 11) is 0. The predicted octanol–water partition coefficient (Wildman–Crippen LogP) is 6.21. The summed E-state index contributed by atoms with van der Waals surface area (Å²) in [6, 6.07) is 22.2. The van der Waals surface area contributed by atoms with Crippen LogP contribution in [0.2, 0.25) is 0 Å². The minimum atomic E-state index is 0.349. The van der Waals surface area contributed by atoms with E-state index >= 15 is 0 Å². The van der Waals surface area contributed by atoms with Crippen molar-refractivity contribution in [3.63, 3.8) is 0 Å². The van der Waals surface area contributed by atoms with Crippen LogP contribution >= 0.6 is 0 Å². The minimum absolute atomic E-state index is 0.349. The van der Waals surface area contributed by atoms with E-state index in [0.29, 0.717) is 6.04 Å². The van der Waals surface area contributed by atoms with E-state index in [4.69, 9.17) is 0 Å². The summed E-state index contributed by atoms with van der Waals surface area (Å²) in [5.74, 6) is 2.00. The predicted molar refractivity (Wildman–Crippen MR) is 147 cm³/mol. The molecule has 182 valence electrons. The van der Waals surface area contributed by atoms with E-state index in [-0.39, 0.29) is 0 Å². The van der Waals surface area contributed by atoms with Gasteiger partial charge in [0.25, 0.3) is 0 Å². The molecule has 3 heterocycles. The lowest BCUT2D eigenvalue weighted by atomic mass is 9.93. The van der Waals surface area contributed by atoms with Gasteiger partial charge in [-0.15, -0.1) is 0 Å². The van der Waals surface area contributed by atoms with Crippen molar-refractivity contribution in [1.82, 2.24) is 30.6 Å². The molecule has 0 spiro atoms. The Morgan fingerprint density at radius 1 is 0.833 bits per heavy atom. The maximum Gasteiger partial charge on any atom is 0.123 e. The van der Waals surface area contributed by atoms with Crippen LogP contribution in [0.5, 0.6) is 0 Å². The molecular formula is C30H32N6. The van der Waals surface area contributed by atoms with E-state index in [0.717, 1.165) is 61.1 Å². The molecule has 0 bridgehead atoms. The Balaban J connectivity index is 1.29. The van der Waals surface area contributed by atoms with Gasteiger partial charge in [0, 0.05) is 5.56 Å². The number of fused-ring (bicyclic) bond motifs is 1. The molecule has 1 aliphatic rings. The van der Waals surface area contributed by atoms with Gasteiger partial charge >= 0.3 is 0 Å². The quantitative estimate of drug-likeness (QED) is 0.201. The van der Waals surface area contributed by atoms with Crippen molar-refractivity contribution in [3.05, 3.63) is 84.7 Å². The van der Waals surface area contributed by atoms with Gasteiger partial charge in [0.2, 0.25) is 0 Å². The molecule has 0 saturated carbocycles. The van der Waals surface area contributed by atoms with E-state index < -0.39 is 0 Å². The summed E-state index contributed by atoms with van der Waals surface area (Å²) in [5.41, 5.74) is 6.87. The molecule has 2 aromatic heterocycles. The number of nitrogens with one attached hydrogen (secondary N) is 4. The zero-order valence-electron chi connectivity index (χ0n) is 20.6. The molecule has 6 heteroatoms. The Morgan fingerprint density at radius 2 is 1.58 bits per heavy atom. The van der Waals surface area contributed by atoms with Gasteiger partial charge in [0.15, 0.2) is 0 Å². The van der Waals surface area contributed by atoms with Gasteiger partial charge in [-0.1, -0.05) is 67.6 Å². The van der Waals surface area contributed by atoms with Crippen LogP contribution in [0, 0.1) is 0 Å². The average molecular weight is 477 g/mol. The Labute approximate surface area is 211 Å². The van der Waals surface area contributed by atoms with E-state index in [2.05, 4.69) is 98.2 Å². The molecule has 1 atom stereocenters. The Morgan fingerprint density at radius 3 is 2.36 bits per heavy atom. The first-order valence-corrected chi connectivity index (χ1v) is 13.0. The number of benzene rings is 3. The Bertz CT molecular complexity index is 1460. The number of H-pyrrole nitrogens is 2. The summed E-state index contributed by atoms with van der Waals surface area (Å²) < 4.78 is 0. The van der Waals surface area contributed by atoms with Crippen molar-refractivity contribution in [2.24, 2.45) is 0 Å². The molecule has 1 saturated heterocycles. The molecule has 0 radical (unpaired) electrons. The lowest BCUT2D eigenvalue weighted by Gasteiger charge is -2.11. The maximum absolute atomic E-state index is 4.63. The number of nitrogens with zero attached hydrogens (tertiary/aromatic N) is 2. The summed E-state index contributed by atoms with van der Waals surface area (Å²) in [4.78, 5) is 16.2. The second-order valence-electron chi connectivity index (χ2n) is 9.54. The Kier molecular flexibility index (Phi) is 6.36. The number of hydrogen-bond acceptors (Lipinski definition) is 4. The second kappa shape index (κ2) is 10.1. The lowest BCUT2D eigenvalue weighted by Crippen LogP contribution is -2.14. The number of rotatable bonds is 8. The van der Waals surface area contributed by atoms with Gasteiger partial charge < -0.3 is 20.6 Å². The monoisotopic (exact) mass is 476 g/mol. The largest absolute Gasteiger partial charge is 0.341 e. The first-order chi connectivity index (χ1) is 17.8. The van der Waals surface area contributed by atoms with E-state index in [1.165, 1.54) is 33.9 Å². The van der Waals surface area contributed by atoms with Crippen LogP contribution in [0.4, 0.5) is 0 Å². The highest BCUT2D eigenvalue weighted by atomic mass is 15.0. The van der Waals surface area contributed by atoms with Crippen LogP contribution in [0.25, 0.3) is 44.4 Å². The van der Waals surface area contributed by atoms with Crippen LogP contribution in [-0.2, 0) is 6.54 Å². The van der Waals surface area contributed by atoms with Crippen LogP contribution in [0.3, 0.4) is 0 Å². The van der Waals surface area contributed by atoms with Crippen molar-refractivity contribution < 1.29 is 0 Å². The van der Waals surface area contributed by atoms with Crippen molar-refractivity contribution in [2.45, 2.75) is 38.8 Å². The Hall–Kier alpha value is -3.74. The first-order valence-electron chi connectivity index (χ1n) is 13.0. The van der Waals surface area contributed by atoms with Gasteiger partial charge in [0.1, 0.15) is 11.6 Å². The molecule has 1 aliphatic heterocycles. The van der Waals surface area contributed by atoms with Gasteiger partial charge in [-0.25, -0.2) is 9.97 Å². The maximum atomic E-state index is 4.63. The van der Waals surface area contributed by atoms with E-state index in [1.807, 2.05) is 12.4 Å². The SMILES string of the molecule is CCCNCc1ncc(-c2ccc(-c3ccc(-c4cnc(C5CCCN5)[nH]4)cc3)c3ccccc23)[nH]1. The summed E-state index contributed by atoms with van der Waals surface area (Å²) >= 11 is 0. The fourth-order valence-corrected chi connectivity index (χ4v) is 5.17. The standard InChI is InChI=1S/C30H32N6/c1-2-15-31-19-29-33-18-28(35-29)25-14-13-22(23-6-3-4-7-24(23)25)20-9-11-21(12-10-20)27-17-34-30(36-27)26-8-5-16-32-26/h3-4,6-7,9-14,17-18,26,31-32H,2,5,8,15-16,19H2,1H3,(H,33,35)(H,34,36). The van der Waals surface area contributed by atoms with Crippen molar-refractivity contribution in [2.75, 3.05) is 13.1 Å². The van der Waals surface area contributed by atoms with Gasteiger partial charge in [-0.05, 0) is 59.8 Å². The molecule has 0 amide bonds. The lowest BCUT2D eigenvalue weighted by molar-refractivity contribution is 0.613. The first kappa shape index (κ1) is 22.7. The number of hydrogen-bond donors (Lipinski definition) is 4. The summed E-state index contributed by atoms with van der Waals surface area (Å²) in [6.45, 7) is 4.99. The third-order valence-corrected chi connectivity index (χ3v) is 7.05. The van der Waals surface area contributed by atoms with Crippen molar-refractivity contribution >= 4 is 10.8 Å². The minimum Gasteiger partial charge on any atom is -0.341 e. The molecule has 1 unspecified atom stereocenters. The number of imidazole rings is 2. The number of aromatic amines is 2. The molecule has 0 aliphatic carbocycles. The fraction of sp³-hybridized carbons (Fsp3) is 0.267. The summed E-state index contributed by atoms with van der Waals surface area (Å²) in [5, 5.41) is 9.38. The van der Waals surface area contributed by atoms with E-state index in [1.54, 1.807) is 0 Å². The van der Waals surface area contributed by atoms with Crippen LogP contribution < -0.4 is 10.6 Å². The normalized spacial score (nSPS) is 15.6. The highest BCUT2D eigenvalue weighted by Crippen LogP contribution is 2.36. The zero-order chi connectivity index (χ0) is 24.3. The highest BCUT2D eigenvalue weighted by Gasteiger charge is 2.19. The molecule has 6 nitrogen and oxygen atoms in total. The molecule has 5 aromatic rings. The zero-order valence-corrected chi connectivity index (χ0v) is 20.6. The third kappa shape index (κ3) is 4.45. The second-order valence-corrected chi connectivity index (χ2v) is 9.54. The molecule has 3 aromatic carbocycles. The highest BCUT2D eigenvalue weighted by molar-refractivity contribution is 6.04. The van der Waals surface area contributed by atoms with Gasteiger partial charge in [-0.3, -0.25) is 0 Å². The van der Waals surface area contributed by atoms with Crippen LogP contribution in [0.15, 0.2) is 73.1 Å². The smallest absolute Gasteiger partial charge is 0.123 e. The molecule has 36 heavy (non-hydrogen) atoms. The third-order valence-electron chi connectivity index (χ3n) is 7.05. The van der Waals surface area contributed by atoms with Gasteiger partial charge in [-0.2, -0.15) is 0 Å². The fourth-order valence-electron chi connectivity index (χ4n) is 5.17. The van der Waals surface area contributed by atoms with Crippen molar-refractivity contribution in [3.8, 4) is 33.6 Å². The number of aromatic nitrogens is 4. The van der Waals surface area contributed by atoms with Gasteiger partial charge in [0.05, 0.1) is 36.4 Å². The molecule has 1 fully saturated rings. The average Bonchev–Trinajstić information content (AvgIpc) is 3.71. The van der Waals surface area contributed by atoms with E-state index in [9.17, 15) is 0 Å². The topological polar surface area (TPSA) is 81.4 Å². The van der Waals surface area contributed by atoms with Crippen molar-refractivity contribution in [1.29, 1.82) is 0 Å².